The lowest BCUT2D eigenvalue weighted by molar-refractivity contribution is -0.123. The van der Waals surface area contributed by atoms with E-state index < -0.39 is 16.1 Å². The molecule has 1 atom stereocenters. The molecule has 7 heteroatoms. The molecule has 0 bridgehead atoms. The van der Waals surface area contributed by atoms with Gasteiger partial charge in [-0.2, -0.15) is 0 Å². The topological polar surface area (TPSA) is 91.1 Å². The van der Waals surface area contributed by atoms with Crippen molar-refractivity contribution >= 4 is 26.8 Å². The Bertz CT molecular complexity index is 796. The Balaban J connectivity index is 2.26. The quantitative estimate of drug-likeness (QED) is 0.679. The van der Waals surface area contributed by atoms with E-state index >= 15 is 0 Å². The molecule has 0 aliphatic heterocycles. The van der Waals surface area contributed by atoms with Crippen molar-refractivity contribution in [1.82, 2.24) is 15.0 Å². The van der Waals surface area contributed by atoms with Gasteiger partial charge in [-0.3, -0.25) is 4.79 Å². The standard InChI is InChI=1S/C17H25N3O3S/c1-4-9-24(22,23)20-16(17(21)19-12(2)3)10-13-11-18-15-8-6-5-7-14(13)15/h5-8,11-12,16,18,20H,4,9-10H2,1-3H3,(H,19,21)/t16-/m0/s1. The maximum absolute atomic E-state index is 12.4. The first-order valence-corrected chi connectivity index (χ1v) is 9.83. The lowest BCUT2D eigenvalue weighted by Crippen LogP contribution is -2.50. The van der Waals surface area contributed by atoms with E-state index in [0.29, 0.717) is 12.8 Å². The molecule has 1 aromatic heterocycles. The van der Waals surface area contributed by atoms with Gasteiger partial charge in [-0.05, 0) is 38.3 Å². The summed E-state index contributed by atoms with van der Waals surface area (Å²) >= 11 is 0. The number of carbonyl (C=O) groups is 1. The van der Waals surface area contributed by atoms with Gasteiger partial charge in [0.2, 0.25) is 15.9 Å². The third kappa shape index (κ3) is 4.82. The highest BCUT2D eigenvalue weighted by Gasteiger charge is 2.25. The van der Waals surface area contributed by atoms with Crippen LogP contribution in [-0.4, -0.2) is 37.1 Å². The van der Waals surface area contributed by atoms with Crippen LogP contribution in [0.1, 0.15) is 32.8 Å². The smallest absolute Gasteiger partial charge is 0.238 e. The average molecular weight is 351 g/mol. The van der Waals surface area contributed by atoms with Crippen molar-refractivity contribution in [1.29, 1.82) is 0 Å². The van der Waals surface area contributed by atoms with Crippen LogP contribution in [0.5, 0.6) is 0 Å². The van der Waals surface area contributed by atoms with Crippen LogP contribution in [-0.2, 0) is 21.2 Å². The van der Waals surface area contributed by atoms with Gasteiger partial charge in [0, 0.05) is 23.1 Å². The van der Waals surface area contributed by atoms with Crippen molar-refractivity contribution in [3.8, 4) is 0 Å². The minimum Gasteiger partial charge on any atom is -0.361 e. The second-order valence-corrected chi connectivity index (χ2v) is 8.09. The zero-order valence-corrected chi connectivity index (χ0v) is 15.1. The van der Waals surface area contributed by atoms with E-state index in [9.17, 15) is 13.2 Å². The van der Waals surface area contributed by atoms with Crippen LogP contribution in [0.15, 0.2) is 30.5 Å². The number of carbonyl (C=O) groups excluding carboxylic acids is 1. The molecule has 2 aromatic rings. The summed E-state index contributed by atoms with van der Waals surface area (Å²) in [5, 5.41) is 3.79. The molecule has 0 aliphatic rings. The number of hydrogen-bond acceptors (Lipinski definition) is 3. The van der Waals surface area contributed by atoms with Gasteiger partial charge in [0.15, 0.2) is 0 Å². The average Bonchev–Trinajstić information content (AvgIpc) is 2.89. The fourth-order valence-electron chi connectivity index (χ4n) is 2.64. The first-order valence-electron chi connectivity index (χ1n) is 8.17. The van der Waals surface area contributed by atoms with Crippen LogP contribution in [0, 0.1) is 0 Å². The number of benzene rings is 1. The van der Waals surface area contributed by atoms with Crippen LogP contribution in [0.25, 0.3) is 10.9 Å². The normalized spacial score (nSPS) is 13.3. The molecule has 0 fully saturated rings. The molecule has 0 radical (unpaired) electrons. The van der Waals surface area contributed by atoms with Gasteiger partial charge in [-0.1, -0.05) is 25.1 Å². The Morgan fingerprint density at radius 3 is 2.62 bits per heavy atom. The summed E-state index contributed by atoms with van der Waals surface area (Å²) in [4.78, 5) is 15.6. The minimum absolute atomic E-state index is 0.00629. The maximum Gasteiger partial charge on any atom is 0.238 e. The van der Waals surface area contributed by atoms with Gasteiger partial charge in [0.1, 0.15) is 6.04 Å². The van der Waals surface area contributed by atoms with E-state index in [4.69, 9.17) is 0 Å². The van der Waals surface area contributed by atoms with Crippen molar-refractivity contribution in [3.05, 3.63) is 36.0 Å². The Morgan fingerprint density at radius 1 is 1.25 bits per heavy atom. The predicted octanol–water partition coefficient (Wildman–Crippen LogP) is 1.93. The number of sulfonamides is 1. The zero-order chi connectivity index (χ0) is 17.7. The summed E-state index contributed by atoms with van der Waals surface area (Å²) in [6.07, 6.45) is 2.63. The third-order valence-corrected chi connectivity index (χ3v) is 5.23. The number of aromatic amines is 1. The first kappa shape index (κ1) is 18.5. The first-order chi connectivity index (χ1) is 11.3. The van der Waals surface area contributed by atoms with Crippen LogP contribution in [0.3, 0.4) is 0 Å². The molecule has 1 heterocycles. The second kappa shape index (κ2) is 7.81. The Morgan fingerprint density at radius 2 is 1.96 bits per heavy atom. The summed E-state index contributed by atoms with van der Waals surface area (Å²) in [7, 11) is -3.49. The molecule has 1 amide bonds. The van der Waals surface area contributed by atoms with E-state index in [-0.39, 0.29) is 17.7 Å². The minimum atomic E-state index is -3.49. The maximum atomic E-state index is 12.4. The molecular weight excluding hydrogens is 326 g/mol. The highest BCUT2D eigenvalue weighted by atomic mass is 32.2. The largest absolute Gasteiger partial charge is 0.361 e. The van der Waals surface area contributed by atoms with Gasteiger partial charge in [0.05, 0.1) is 5.75 Å². The third-order valence-electron chi connectivity index (χ3n) is 3.64. The van der Waals surface area contributed by atoms with E-state index in [2.05, 4.69) is 15.0 Å². The summed E-state index contributed by atoms with van der Waals surface area (Å²) in [5.41, 5.74) is 1.88. The lowest BCUT2D eigenvalue weighted by atomic mass is 10.0. The second-order valence-electron chi connectivity index (χ2n) is 6.22. The molecule has 0 unspecified atom stereocenters. The Kier molecular flexibility index (Phi) is 6.01. The van der Waals surface area contributed by atoms with E-state index in [0.717, 1.165) is 16.5 Å². The molecule has 0 saturated carbocycles. The molecule has 1 aromatic carbocycles. The van der Waals surface area contributed by atoms with Gasteiger partial charge >= 0.3 is 0 Å². The molecule has 6 nitrogen and oxygen atoms in total. The van der Waals surface area contributed by atoms with E-state index in [1.165, 1.54) is 0 Å². The van der Waals surface area contributed by atoms with Crippen LogP contribution < -0.4 is 10.0 Å². The van der Waals surface area contributed by atoms with Crippen LogP contribution >= 0.6 is 0 Å². The Labute approximate surface area is 143 Å². The number of hydrogen-bond donors (Lipinski definition) is 3. The predicted molar refractivity (Wildman–Crippen MR) is 96.3 cm³/mol. The number of rotatable bonds is 8. The lowest BCUT2D eigenvalue weighted by Gasteiger charge is -2.19. The van der Waals surface area contributed by atoms with Crippen LogP contribution in [0.2, 0.25) is 0 Å². The Hall–Kier alpha value is -1.86. The molecule has 0 spiro atoms. The highest BCUT2D eigenvalue weighted by Crippen LogP contribution is 2.19. The van der Waals surface area contributed by atoms with E-state index in [1.807, 2.05) is 44.3 Å². The van der Waals surface area contributed by atoms with Gasteiger partial charge < -0.3 is 10.3 Å². The highest BCUT2D eigenvalue weighted by molar-refractivity contribution is 7.89. The SMILES string of the molecule is CCCS(=O)(=O)N[C@@H](Cc1c[nH]c2ccccc12)C(=O)NC(C)C. The molecule has 0 aliphatic carbocycles. The number of H-pyrrole nitrogens is 1. The van der Waals surface area contributed by atoms with Gasteiger partial charge in [-0.15, -0.1) is 0 Å². The monoisotopic (exact) mass is 351 g/mol. The number of amides is 1. The van der Waals surface area contributed by atoms with Crippen molar-refractivity contribution < 1.29 is 13.2 Å². The van der Waals surface area contributed by atoms with Gasteiger partial charge in [-0.25, -0.2) is 13.1 Å². The number of aromatic nitrogens is 1. The summed E-state index contributed by atoms with van der Waals surface area (Å²) in [5.74, 6) is -0.304. The van der Waals surface area contributed by atoms with Crippen molar-refractivity contribution in [2.45, 2.75) is 45.7 Å². The van der Waals surface area contributed by atoms with Crippen molar-refractivity contribution in [2.24, 2.45) is 0 Å². The molecule has 0 saturated heterocycles. The fourth-order valence-corrected chi connectivity index (χ4v) is 3.92. The molecule has 3 N–H and O–H groups in total. The summed E-state index contributed by atoms with van der Waals surface area (Å²) in [6.45, 7) is 5.49. The fraction of sp³-hybridized carbons (Fsp3) is 0.471. The zero-order valence-electron chi connectivity index (χ0n) is 14.3. The van der Waals surface area contributed by atoms with Crippen molar-refractivity contribution in [3.63, 3.8) is 0 Å². The summed E-state index contributed by atoms with van der Waals surface area (Å²) < 4.78 is 26.8. The van der Waals surface area contributed by atoms with Crippen LogP contribution in [0.4, 0.5) is 0 Å². The van der Waals surface area contributed by atoms with Crippen molar-refractivity contribution in [2.75, 3.05) is 5.75 Å². The summed E-state index contributed by atoms with van der Waals surface area (Å²) in [6, 6.07) is 6.86. The van der Waals surface area contributed by atoms with E-state index in [1.54, 1.807) is 6.92 Å². The molecule has 24 heavy (non-hydrogen) atoms. The molecular formula is C17H25N3O3S. The number of nitrogens with one attached hydrogen (secondary N) is 3. The van der Waals surface area contributed by atoms with Gasteiger partial charge in [0.25, 0.3) is 0 Å². The molecule has 132 valence electrons. The number of fused-ring (bicyclic) bond motifs is 1. The molecule has 2 rings (SSSR count). The number of para-hydroxylation sites is 1.